The van der Waals surface area contributed by atoms with Gasteiger partial charge in [-0.3, -0.25) is 9.13 Å². The van der Waals surface area contributed by atoms with Crippen molar-refractivity contribution in [3.05, 3.63) is 116 Å². The zero-order chi connectivity index (χ0) is 36.2. The van der Waals surface area contributed by atoms with Crippen LogP contribution in [0.25, 0.3) is 45.6 Å². The highest BCUT2D eigenvalue weighted by Gasteiger charge is 2.30. The molecule has 16 heteroatoms. The average Bonchev–Trinajstić information content (AvgIpc) is 3.56. The van der Waals surface area contributed by atoms with E-state index < -0.39 is 0 Å². The molecule has 8 aromatic rings. The standard InChI is InChI=1S/C37H36N14O2/c1-19-20(2)41-30(40-19)33-47-29(27-35(49-33)51(37(53)45-27)18-22-11-7-4-8-12-22)39-16-15-24-25(23-13-14-23)43-31(42-24)32-46-28(38)26-34(48-32)50(36(52)44-26)17-21-9-5-3-6-10-21/h3-12,23H,13-18H2,1-2H3,(H,40,41)(H,42,43)(H,44,52)(H,45,53)(H2,38,46,48)(H,39,47,49). The van der Waals surface area contributed by atoms with Gasteiger partial charge in [-0.15, -0.1) is 0 Å². The molecular formula is C37H36N14O2. The lowest BCUT2D eigenvalue weighted by Gasteiger charge is -2.09. The third-order valence-electron chi connectivity index (χ3n) is 9.63. The molecule has 2 aromatic carbocycles. The van der Waals surface area contributed by atoms with Gasteiger partial charge in [0, 0.05) is 30.3 Å². The van der Waals surface area contributed by atoms with Crippen molar-refractivity contribution in [2.24, 2.45) is 0 Å². The SMILES string of the molecule is Cc1nc(-c2nc(NCCc3[nH]c(-c4nc(N)c5[nH]c(=O)n(Cc6ccccc6)c5n4)nc3C3CC3)c3[nH]c(=O)n(Cc4ccccc4)c3n2)[nH]c1C. The average molecular weight is 709 g/mol. The Morgan fingerprint density at radius 3 is 1.91 bits per heavy atom. The quantitative estimate of drug-likeness (QED) is 0.113. The number of nitrogens with two attached hydrogens (primary N) is 1. The molecular weight excluding hydrogens is 673 g/mol. The summed E-state index contributed by atoms with van der Waals surface area (Å²) in [7, 11) is 0. The Labute approximate surface area is 301 Å². The molecule has 16 nitrogen and oxygen atoms in total. The van der Waals surface area contributed by atoms with Crippen LogP contribution in [0.4, 0.5) is 11.6 Å². The van der Waals surface area contributed by atoms with E-state index in [1.165, 1.54) is 0 Å². The minimum Gasteiger partial charge on any atom is -0.382 e. The van der Waals surface area contributed by atoms with Crippen LogP contribution in [0.5, 0.6) is 0 Å². The molecule has 0 aliphatic heterocycles. The lowest BCUT2D eigenvalue weighted by atomic mass is 10.2. The first kappa shape index (κ1) is 32.1. The lowest BCUT2D eigenvalue weighted by Crippen LogP contribution is -2.17. The maximum absolute atomic E-state index is 13.3. The zero-order valence-electron chi connectivity index (χ0n) is 29.1. The number of aryl methyl sites for hydroxylation is 2. The summed E-state index contributed by atoms with van der Waals surface area (Å²) >= 11 is 0. The molecule has 1 saturated carbocycles. The highest BCUT2D eigenvalue weighted by atomic mass is 16.1. The first-order valence-electron chi connectivity index (χ1n) is 17.5. The number of fused-ring (bicyclic) bond motifs is 2. The summed E-state index contributed by atoms with van der Waals surface area (Å²) in [5, 5.41) is 3.46. The van der Waals surface area contributed by atoms with E-state index in [1.807, 2.05) is 74.5 Å². The number of benzene rings is 2. The number of nitrogens with one attached hydrogen (secondary N) is 5. The molecule has 0 atom stereocenters. The molecule has 6 heterocycles. The third-order valence-corrected chi connectivity index (χ3v) is 9.63. The number of imidazole rings is 4. The Hall–Kier alpha value is -6.84. The van der Waals surface area contributed by atoms with Crippen LogP contribution >= 0.6 is 0 Å². The number of anilines is 2. The molecule has 1 fully saturated rings. The number of hydrogen-bond donors (Lipinski definition) is 6. The summed E-state index contributed by atoms with van der Waals surface area (Å²) in [5.41, 5.74) is 13.1. The Bertz CT molecular complexity index is 2730. The molecule has 53 heavy (non-hydrogen) atoms. The fourth-order valence-corrected chi connectivity index (χ4v) is 6.62. The van der Waals surface area contributed by atoms with Gasteiger partial charge in [0.25, 0.3) is 0 Å². The Balaban J connectivity index is 1.04. The van der Waals surface area contributed by atoms with E-state index in [0.717, 1.165) is 46.7 Å². The van der Waals surface area contributed by atoms with Gasteiger partial charge in [-0.2, -0.15) is 0 Å². The van der Waals surface area contributed by atoms with E-state index >= 15 is 0 Å². The van der Waals surface area contributed by atoms with Gasteiger partial charge >= 0.3 is 11.4 Å². The van der Waals surface area contributed by atoms with Crippen molar-refractivity contribution in [3.8, 4) is 23.3 Å². The predicted octanol–water partition coefficient (Wildman–Crippen LogP) is 4.16. The summed E-state index contributed by atoms with van der Waals surface area (Å²) in [6.07, 6.45) is 2.64. The fourth-order valence-electron chi connectivity index (χ4n) is 6.62. The monoisotopic (exact) mass is 708 g/mol. The van der Waals surface area contributed by atoms with Crippen LogP contribution in [0.2, 0.25) is 0 Å². The van der Waals surface area contributed by atoms with Gasteiger partial charge in [0.2, 0.25) is 0 Å². The van der Waals surface area contributed by atoms with Crippen LogP contribution in [0.1, 0.15) is 52.7 Å². The molecule has 0 saturated heterocycles. The molecule has 1 aliphatic carbocycles. The minimum absolute atomic E-state index is 0.167. The number of rotatable bonds is 11. The molecule has 9 rings (SSSR count). The van der Waals surface area contributed by atoms with Gasteiger partial charge in [0.1, 0.15) is 11.0 Å². The molecule has 1 aliphatic rings. The van der Waals surface area contributed by atoms with Gasteiger partial charge in [-0.25, -0.2) is 39.5 Å². The first-order chi connectivity index (χ1) is 25.8. The van der Waals surface area contributed by atoms with Crippen LogP contribution in [0, 0.1) is 13.8 Å². The predicted molar refractivity (Wildman–Crippen MR) is 201 cm³/mol. The van der Waals surface area contributed by atoms with E-state index in [9.17, 15) is 9.59 Å². The second-order valence-electron chi connectivity index (χ2n) is 13.4. The molecule has 0 bridgehead atoms. The number of aromatic amines is 4. The van der Waals surface area contributed by atoms with Gasteiger partial charge < -0.3 is 31.0 Å². The van der Waals surface area contributed by atoms with Crippen molar-refractivity contribution in [1.82, 2.24) is 59.0 Å². The van der Waals surface area contributed by atoms with E-state index in [0.29, 0.717) is 83.4 Å². The number of nitrogen functional groups attached to an aromatic ring is 1. The molecule has 0 unspecified atom stereocenters. The van der Waals surface area contributed by atoms with Gasteiger partial charge in [0.15, 0.2) is 46.2 Å². The Morgan fingerprint density at radius 1 is 0.717 bits per heavy atom. The lowest BCUT2D eigenvalue weighted by molar-refractivity contribution is 0.777. The molecule has 0 spiro atoms. The van der Waals surface area contributed by atoms with E-state index in [1.54, 1.807) is 9.13 Å². The van der Waals surface area contributed by atoms with Crippen molar-refractivity contribution in [2.45, 2.75) is 52.1 Å². The van der Waals surface area contributed by atoms with E-state index in [-0.39, 0.29) is 17.2 Å². The van der Waals surface area contributed by atoms with Crippen LogP contribution in [0.3, 0.4) is 0 Å². The Kier molecular flexibility index (Phi) is 7.71. The number of hydrogen-bond acceptors (Lipinski definition) is 10. The topological polar surface area (TPSA) is 223 Å². The minimum atomic E-state index is -0.317. The fraction of sp³-hybridized carbons (Fsp3) is 0.243. The second kappa shape index (κ2) is 12.7. The smallest absolute Gasteiger partial charge is 0.328 e. The van der Waals surface area contributed by atoms with Gasteiger partial charge in [0.05, 0.1) is 24.5 Å². The summed E-state index contributed by atoms with van der Waals surface area (Å²) < 4.78 is 3.17. The van der Waals surface area contributed by atoms with E-state index in [4.69, 9.17) is 25.7 Å². The maximum atomic E-state index is 13.3. The molecule has 0 amide bonds. The molecule has 6 aromatic heterocycles. The van der Waals surface area contributed by atoms with Crippen LogP contribution < -0.4 is 22.4 Å². The summed E-state index contributed by atoms with van der Waals surface area (Å²) in [5.74, 6) is 2.66. The summed E-state index contributed by atoms with van der Waals surface area (Å²) in [6.45, 7) is 5.00. The molecule has 266 valence electrons. The van der Waals surface area contributed by atoms with Crippen molar-refractivity contribution in [2.75, 3.05) is 17.6 Å². The van der Waals surface area contributed by atoms with Crippen LogP contribution in [-0.4, -0.2) is 65.5 Å². The highest BCUT2D eigenvalue weighted by molar-refractivity contribution is 5.85. The van der Waals surface area contributed by atoms with Crippen molar-refractivity contribution in [1.29, 1.82) is 0 Å². The zero-order valence-corrected chi connectivity index (χ0v) is 29.1. The first-order valence-corrected chi connectivity index (χ1v) is 17.5. The summed E-state index contributed by atoms with van der Waals surface area (Å²) in [4.78, 5) is 67.3. The highest BCUT2D eigenvalue weighted by Crippen LogP contribution is 2.41. The van der Waals surface area contributed by atoms with Crippen LogP contribution in [-0.2, 0) is 19.5 Å². The number of H-pyrrole nitrogens is 4. The third kappa shape index (κ3) is 6.03. The van der Waals surface area contributed by atoms with Crippen LogP contribution in [0.15, 0.2) is 70.3 Å². The Morgan fingerprint density at radius 2 is 1.30 bits per heavy atom. The van der Waals surface area contributed by atoms with Crippen molar-refractivity contribution >= 4 is 34.0 Å². The van der Waals surface area contributed by atoms with Gasteiger partial charge in [-0.1, -0.05) is 60.7 Å². The summed E-state index contributed by atoms with van der Waals surface area (Å²) in [6, 6.07) is 19.5. The molecule has 7 N–H and O–H groups in total. The second-order valence-corrected chi connectivity index (χ2v) is 13.4. The largest absolute Gasteiger partial charge is 0.382 e. The van der Waals surface area contributed by atoms with E-state index in [2.05, 4.69) is 35.2 Å². The molecule has 0 radical (unpaired) electrons. The maximum Gasteiger partial charge on any atom is 0.328 e. The number of nitrogens with zero attached hydrogens (tertiary/aromatic N) is 8. The normalized spacial score (nSPS) is 13.0. The van der Waals surface area contributed by atoms with Crippen molar-refractivity contribution in [3.63, 3.8) is 0 Å². The number of aromatic nitrogens is 12. The van der Waals surface area contributed by atoms with Gasteiger partial charge in [-0.05, 0) is 37.8 Å². The van der Waals surface area contributed by atoms with Crippen molar-refractivity contribution < 1.29 is 0 Å².